The maximum Gasteiger partial charge on any atom is 0.224 e. The van der Waals surface area contributed by atoms with Gasteiger partial charge in [0.1, 0.15) is 0 Å². The molecule has 1 aliphatic carbocycles. The predicted molar refractivity (Wildman–Crippen MR) is 140 cm³/mol. The topological polar surface area (TPSA) is 41.1 Å². The van der Waals surface area contributed by atoms with Crippen LogP contribution < -0.4 is 10.6 Å². The molecule has 0 aromatic heterocycles. The third-order valence-electron chi connectivity index (χ3n) is 7.40. The lowest BCUT2D eigenvalue weighted by Crippen LogP contribution is -2.37. The molecule has 0 heterocycles. The van der Waals surface area contributed by atoms with Gasteiger partial charge in [0.2, 0.25) is 5.91 Å². The highest BCUT2D eigenvalue weighted by Gasteiger charge is 2.32. The standard InChI is InChI=1S/C31H38N2O/c1-23(25-12-6-4-7-13-25)33-30(34)29-17-11-10-16-28(29)26-20-18-24(19-21-26)22-32-31(2,3)27-14-8-5-9-15-27/h4-9,12-15,18-21,23,28-29,32H,10-11,16-17,22H2,1-3H3,(H,33,34)/t23-,28+,29?/m0/s1. The van der Waals surface area contributed by atoms with Gasteiger partial charge in [-0.3, -0.25) is 4.79 Å². The van der Waals surface area contributed by atoms with E-state index in [2.05, 4.69) is 98.1 Å². The number of carbonyl (C=O) groups excluding carboxylic acids is 1. The summed E-state index contributed by atoms with van der Waals surface area (Å²) in [6.07, 6.45) is 4.37. The molecular weight excluding hydrogens is 416 g/mol. The SMILES string of the molecule is C[C@H](NC(=O)C1CCCC[C@@H]1c1ccc(CNC(C)(C)c2ccccc2)cc1)c1ccccc1. The molecule has 1 unspecified atom stereocenters. The lowest BCUT2D eigenvalue weighted by molar-refractivity contribution is -0.127. The highest BCUT2D eigenvalue weighted by atomic mass is 16.1. The summed E-state index contributed by atoms with van der Waals surface area (Å²) >= 11 is 0. The predicted octanol–water partition coefficient (Wildman–Crippen LogP) is 6.86. The quantitative estimate of drug-likeness (QED) is 0.390. The van der Waals surface area contributed by atoms with Crippen LogP contribution in [-0.4, -0.2) is 5.91 Å². The molecule has 0 aliphatic heterocycles. The van der Waals surface area contributed by atoms with E-state index in [0.29, 0.717) is 5.92 Å². The summed E-state index contributed by atoms with van der Waals surface area (Å²) < 4.78 is 0. The van der Waals surface area contributed by atoms with E-state index in [9.17, 15) is 4.79 Å². The molecule has 2 N–H and O–H groups in total. The molecule has 3 nitrogen and oxygen atoms in total. The molecule has 3 aromatic rings. The van der Waals surface area contributed by atoms with E-state index in [1.165, 1.54) is 23.1 Å². The fourth-order valence-corrected chi connectivity index (χ4v) is 5.15. The van der Waals surface area contributed by atoms with Crippen molar-refractivity contribution in [2.75, 3.05) is 0 Å². The van der Waals surface area contributed by atoms with Crippen LogP contribution in [-0.2, 0) is 16.9 Å². The molecule has 0 radical (unpaired) electrons. The van der Waals surface area contributed by atoms with Crippen LogP contribution in [0.2, 0.25) is 0 Å². The molecule has 1 amide bonds. The Bertz CT molecular complexity index is 1040. The maximum absolute atomic E-state index is 13.3. The smallest absolute Gasteiger partial charge is 0.224 e. The Kier molecular flexibility index (Phi) is 7.84. The molecule has 1 fully saturated rings. The zero-order chi connectivity index (χ0) is 24.0. The fourth-order valence-electron chi connectivity index (χ4n) is 5.15. The summed E-state index contributed by atoms with van der Waals surface area (Å²) in [7, 11) is 0. The molecule has 1 saturated carbocycles. The zero-order valence-electron chi connectivity index (χ0n) is 20.8. The van der Waals surface area contributed by atoms with Gasteiger partial charge in [0, 0.05) is 18.0 Å². The van der Waals surface area contributed by atoms with E-state index < -0.39 is 0 Å². The second-order valence-corrected chi connectivity index (χ2v) is 10.2. The van der Waals surface area contributed by atoms with Crippen LogP contribution in [0.15, 0.2) is 84.9 Å². The van der Waals surface area contributed by atoms with Crippen LogP contribution in [0.4, 0.5) is 0 Å². The van der Waals surface area contributed by atoms with Crippen LogP contribution in [0.3, 0.4) is 0 Å². The van der Waals surface area contributed by atoms with Gasteiger partial charge in [-0.25, -0.2) is 0 Å². The highest BCUT2D eigenvalue weighted by molar-refractivity contribution is 5.80. The van der Waals surface area contributed by atoms with Crippen molar-refractivity contribution in [3.05, 3.63) is 107 Å². The van der Waals surface area contributed by atoms with Crippen LogP contribution >= 0.6 is 0 Å². The van der Waals surface area contributed by atoms with E-state index in [1.807, 2.05) is 18.2 Å². The molecule has 0 bridgehead atoms. The monoisotopic (exact) mass is 454 g/mol. The summed E-state index contributed by atoms with van der Waals surface area (Å²) in [6, 6.07) is 29.7. The molecule has 3 atom stereocenters. The molecule has 1 aliphatic rings. The van der Waals surface area contributed by atoms with Gasteiger partial charge in [-0.05, 0) is 61.8 Å². The largest absolute Gasteiger partial charge is 0.349 e. The number of hydrogen-bond acceptors (Lipinski definition) is 2. The minimum atomic E-state index is -0.0953. The lowest BCUT2D eigenvalue weighted by atomic mass is 9.74. The van der Waals surface area contributed by atoms with Gasteiger partial charge >= 0.3 is 0 Å². The van der Waals surface area contributed by atoms with Gasteiger partial charge in [0.25, 0.3) is 0 Å². The van der Waals surface area contributed by atoms with Crippen molar-refractivity contribution in [1.29, 1.82) is 0 Å². The van der Waals surface area contributed by atoms with Crippen molar-refractivity contribution < 1.29 is 4.79 Å². The van der Waals surface area contributed by atoms with E-state index in [1.54, 1.807) is 0 Å². The number of hydrogen-bond donors (Lipinski definition) is 2. The van der Waals surface area contributed by atoms with Gasteiger partial charge in [-0.15, -0.1) is 0 Å². The molecule has 178 valence electrons. The van der Waals surface area contributed by atoms with Crippen LogP contribution in [0, 0.1) is 5.92 Å². The Hall–Kier alpha value is -2.91. The molecule has 3 aromatic carbocycles. The third kappa shape index (κ3) is 5.95. The summed E-state index contributed by atoms with van der Waals surface area (Å²) in [6.45, 7) is 7.33. The normalized spacial score (nSPS) is 19.4. The van der Waals surface area contributed by atoms with Crippen molar-refractivity contribution in [2.45, 2.75) is 70.5 Å². The van der Waals surface area contributed by atoms with Crippen LogP contribution in [0.1, 0.15) is 80.7 Å². The second-order valence-electron chi connectivity index (χ2n) is 10.2. The number of rotatable bonds is 8. The Morgan fingerprint density at radius 3 is 2.18 bits per heavy atom. The average Bonchev–Trinajstić information content (AvgIpc) is 2.89. The lowest BCUT2D eigenvalue weighted by Gasteiger charge is -2.32. The minimum Gasteiger partial charge on any atom is -0.349 e. The molecule has 4 rings (SSSR count). The summed E-state index contributed by atoms with van der Waals surface area (Å²) in [5.41, 5.74) is 4.90. The molecule has 0 spiro atoms. The van der Waals surface area contributed by atoms with Gasteiger partial charge < -0.3 is 10.6 Å². The summed E-state index contributed by atoms with van der Waals surface area (Å²) in [4.78, 5) is 13.3. The second kappa shape index (κ2) is 11.0. The minimum absolute atomic E-state index is 0.0256. The Morgan fingerprint density at radius 2 is 1.50 bits per heavy atom. The van der Waals surface area contributed by atoms with Crippen molar-refractivity contribution in [2.24, 2.45) is 5.92 Å². The summed E-state index contributed by atoms with van der Waals surface area (Å²) in [5, 5.41) is 6.97. The van der Waals surface area contributed by atoms with Gasteiger partial charge in [0.15, 0.2) is 0 Å². The fraction of sp³-hybridized carbons (Fsp3) is 0.387. The van der Waals surface area contributed by atoms with Gasteiger partial charge in [-0.2, -0.15) is 0 Å². The first kappa shape index (κ1) is 24.2. The number of amides is 1. The molecule has 34 heavy (non-hydrogen) atoms. The number of carbonyl (C=O) groups is 1. The Morgan fingerprint density at radius 1 is 0.882 bits per heavy atom. The maximum atomic E-state index is 13.3. The van der Waals surface area contributed by atoms with Crippen LogP contribution in [0.25, 0.3) is 0 Å². The summed E-state index contributed by atoms with van der Waals surface area (Å²) in [5.74, 6) is 0.525. The number of nitrogens with one attached hydrogen (secondary N) is 2. The highest BCUT2D eigenvalue weighted by Crippen LogP contribution is 2.38. The first-order chi connectivity index (χ1) is 16.4. The van der Waals surface area contributed by atoms with Crippen molar-refractivity contribution in [3.63, 3.8) is 0 Å². The van der Waals surface area contributed by atoms with E-state index in [4.69, 9.17) is 0 Å². The Balaban J connectivity index is 1.39. The molecule has 0 saturated heterocycles. The van der Waals surface area contributed by atoms with Gasteiger partial charge in [0.05, 0.1) is 6.04 Å². The Labute approximate surface area is 205 Å². The van der Waals surface area contributed by atoms with Crippen LogP contribution in [0.5, 0.6) is 0 Å². The van der Waals surface area contributed by atoms with E-state index >= 15 is 0 Å². The zero-order valence-corrected chi connectivity index (χ0v) is 20.8. The van der Waals surface area contributed by atoms with E-state index in [-0.39, 0.29) is 23.4 Å². The van der Waals surface area contributed by atoms with Crippen molar-refractivity contribution in [1.82, 2.24) is 10.6 Å². The molecule has 3 heteroatoms. The van der Waals surface area contributed by atoms with Gasteiger partial charge in [-0.1, -0.05) is 97.8 Å². The van der Waals surface area contributed by atoms with Crippen molar-refractivity contribution in [3.8, 4) is 0 Å². The first-order valence-electron chi connectivity index (χ1n) is 12.7. The number of benzene rings is 3. The first-order valence-corrected chi connectivity index (χ1v) is 12.7. The van der Waals surface area contributed by atoms with Crippen molar-refractivity contribution >= 4 is 5.91 Å². The third-order valence-corrected chi connectivity index (χ3v) is 7.40. The van der Waals surface area contributed by atoms with E-state index in [0.717, 1.165) is 31.4 Å². The molecular formula is C31H38N2O. The average molecular weight is 455 g/mol.